The molecule has 0 bridgehead atoms. The summed E-state index contributed by atoms with van der Waals surface area (Å²) in [5, 5.41) is 3.37. The van der Waals surface area contributed by atoms with Gasteiger partial charge in [-0.05, 0) is 43.0 Å². The zero-order valence-electron chi connectivity index (χ0n) is 12.3. The first-order chi connectivity index (χ1) is 10.1. The van der Waals surface area contributed by atoms with E-state index in [4.69, 9.17) is 11.6 Å². The summed E-state index contributed by atoms with van der Waals surface area (Å²) in [5.74, 6) is 0.524. The minimum Gasteiger partial charge on any atom is -0.352 e. The molecular weight excluding hydrogens is 288 g/mol. The fourth-order valence-corrected chi connectivity index (χ4v) is 2.69. The SMILES string of the molecule is C[C@H]1CCCN(C(=O)CCNC(=O)c2ccc(Cl)cc2)C1. The van der Waals surface area contributed by atoms with Crippen LogP contribution in [0.5, 0.6) is 0 Å². The van der Waals surface area contributed by atoms with Gasteiger partial charge in [-0.2, -0.15) is 0 Å². The van der Waals surface area contributed by atoms with Gasteiger partial charge in [0.15, 0.2) is 0 Å². The second-order valence-electron chi connectivity index (χ2n) is 5.60. The molecule has 1 aliphatic rings. The molecule has 1 aliphatic heterocycles. The lowest BCUT2D eigenvalue weighted by Gasteiger charge is -2.31. The van der Waals surface area contributed by atoms with Crippen LogP contribution in [-0.4, -0.2) is 36.3 Å². The second-order valence-corrected chi connectivity index (χ2v) is 6.04. The van der Waals surface area contributed by atoms with Crippen LogP contribution in [0.25, 0.3) is 0 Å². The van der Waals surface area contributed by atoms with E-state index in [0.717, 1.165) is 19.5 Å². The molecule has 1 heterocycles. The van der Waals surface area contributed by atoms with Crippen LogP contribution in [0.4, 0.5) is 0 Å². The number of hydrogen-bond acceptors (Lipinski definition) is 2. The Hall–Kier alpha value is -1.55. The maximum absolute atomic E-state index is 12.1. The van der Waals surface area contributed by atoms with E-state index in [1.54, 1.807) is 24.3 Å². The number of piperidine rings is 1. The molecule has 0 unspecified atom stereocenters. The molecule has 1 N–H and O–H groups in total. The quantitative estimate of drug-likeness (QED) is 0.930. The van der Waals surface area contributed by atoms with Gasteiger partial charge in [0.1, 0.15) is 0 Å². The maximum atomic E-state index is 12.1. The Morgan fingerprint density at radius 3 is 2.71 bits per heavy atom. The van der Waals surface area contributed by atoms with Gasteiger partial charge in [0.05, 0.1) is 0 Å². The molecule has 21 heavy (non-hydrogen) atoms. The molecule has 2 amide bonds. The van der Waals surface area contributed by atoms with Crippen molar-refractivity contribution in [3.63, 3.8) is 0 Å². The van der Waals surface area contributed by atoms with Gasteiger partial charge in [-0.1, -0.05) is 18.5 Å². The van der Waals surface area contributed by atoms with E-state index in [0.29, 0.717) is 29.5 Å². The summed E-state index contributed by atoms with van der Waals surface area (Å²) in [6, 6.07) is 6.70. The van der Waals surface area contributed by atoms with E-state index < -0.39 is 0 Å². The number of carbonyl (C=O) groups is 2. The van der Waals surface area contributed by atoms with Gasteiger partial charge < -0.3 is 10.2 Å². The Morgan fingerprint density at radius 2 is 2.05 bits per heavy atom. The van der Waals surface area contributed by atoms with Crippen molar-refractivity contribution in [2.75, 3.05) is 19.6 Å². The molecule has 1 fully saturated rings. The molecule has 4 nitrogen and oxygen atoms in total. The van der Waals surface area contributed by atoms with E-state index in [1.165, 1.54) is 6.42 Å². The summed E-state index contributed by atoms with van der Waals surface area (Å²) in [7, 11) is 0. The van der Waals surface area contributed by atoms with Crippen LogP contribution < -0.4 is 5.32 Å². The van der Waals surface area contributed by atoms with Crippen molar-refractivity contribution in [1.29, 1.82) is 0 Å². The molecule has 5 heteroatoms. The Bertz CT molecular complexity index is 502. The molecule has 2 rings (SSSR count). The third kappa shape index (κ3) is 4.74. The first-order valence-electron chi connectivity index (χ1n) is 7.38. The first kappa shape index (κ1) is 15.8. The number of carbonyl (C=O) groups excluding carboxylic acids is 2. The summed E-state index contributed by atoms with van der Waals surface area (Å²) >= 11 is 5.78. The van der Waals surface area contributed by atoms with Crippen molar-refractivity contribution in [2.24, 2.45) is 5.92 Å². The molecule has 0 aliphatic carbocycles. The molecule has 0 radical (unpaired) electrons. The minimum absolute atomic E-state index is 0.123. The highest BCUT2D eigenvalue weighted by Gasteiger charge is 2.20. The number of benzene rings is 1. The third-order valence-corrected chi connectivity index (χ3v) is 3.99. The van der Waals surface area contributed by atoms with E-state index in [2.05, 4.69) is 12.2 Å². The summed E-state index contributed by atoms with van der Waals surface area (Å²) in [6.45, 7) is 4.21. The summed E-state index contributed by atoms with van der Waals surface area (Å²) in [4.78, 5) is 25.9. The molecule has 0 saturated carbocycles. The highest BCUT2D eigenvalue weighted by Crippen LogP contribution is 2.16. The number of nitrogens with one attached hydrogen (secondary N) is 1. The van der Waals surface area contributed by atoms with Crippen molar-refractivity contribution in [3.8, 4) is 0 Å². The largest absolute Gasteiger partial charge is 0.352 e. The molecule has 1 atom stereocenters. The van der Waals surface area contributed by atoms with Crippen molar-refractivity contribution < 1.29 is 9.59 Å². The molecule has 1 saturated heterocycles. The Morgan fingerprint density at radius 1 is 1.33 bits per heavy atom. The number of likely N-dealkylation sites (tertiary alicyclic amines) is 1. The normalized spacial score (nSPS) is 18.4. The minimum atomic E-state index is -0.175. The zero-order chi connectivity index (χ0) is 15.2. The van der Waals surface area contributed by atoms with Gasteiger partial charge in [-0.15, -0.1) is 0 Å². The lowest BCUT2D eigenvalue weighted by Crippen LogP contribution is -2.40. The molecule has 1 aromatic carbocycles. The van der Waals surface area contributed by atoms with E-state index in [-0.39, 0.29) is 11.8 Å². The molecule has 0 aromatic heterocycles. The summed E-state index contributed by atoms with van der Waals surface area (Å²) in [6.07, 6.45) is 2.62. The summed E-state index contributed by atoms with van der Waals surface area (Å²) in [5.41, 5.74) is 0.554. The lowest BCUT2D eigenvalue weighted by atomic mass is 10.00. The molecule has 114 valence electrons. The monoisotopic (exact) mass is 308 g/mol. The Balaban J connectivity index is 1.74. The molecule has 1 aromatic rings. The van der Waals surface area contributed by atoms with Gasteiger partial charge >= 0.3 is 0 Å². The number of halogens is 1. The number of nitrogens with zero attached hydrogens (tertiary/aromatic N) is 1. The van der Waals surface area contributed by atoms with Crippen molar-refractivity contribution in [3.05, 3.63) is 34.9 Å². The van der Waals surface area contributed by atoms with E-state index >= 15 is 0 Å². The van der Waals surface area contributed by atoms with Crippen molar-refractivity contribution >= 4 is 23.4 Å². The number of amides is 2. The van der Waals surface area contributed by atoms with Crippen LogP contribution in [0.15, 0.2) is 24.3 Å². The van der Waals surface area contributed by atoms with Crippen LogP contribution in [0.1, 0.15) is 36.5 Å². The van der Waals surface area contributed by atoms with Crippen LogP contribution in [0.2, 0.25) is 5.02 Å². The van der Waals surface area contributed by atoms with Crippen LogP contribution in [0, 0.1) is 5.92 Å². The number of rotatable bonds is 4. The summed E-state index contributed by atoms with van der Waals surface area (Å²) < 4.78 is 0. The van der Waals surface area contributed by atoms with Crippen LogP contribution in [0.3, 0.4) is 0 Å². The Kier molecular flexibility index (Phi) is 5.62. The van der Waals surface area contributed by atoms with Gasteiger partial charge in [0.2, 0.25) is 5.91 Å². The lowest BCUT2D eigenvalue weighted by molar-refractivity contribution is -0.132. The van der Waals surface area contributed by atoms with Crippen molar-refractivity contribution in [1.82, 2.24) is 10.2 Å². The van der Waals surface area contributed by atoms with Crippen molar-refractivity contribution in [2.45, 2.75) is 26.2 Å². The highest BCUT2D eigenvalue weighted by atomic mass is 35.5. The van der Waals surface area contributed by atoms with Crippen LogP contribution >= 0.6 is 11.6 Å². The highest BCUT2D eigenvalue weighted by molar-refractivity contribution is 6.30. The average Bonchev–Trinajstić information content (AvgIpc) is 2.47. The smallest absolute Gasteiger partial charge is 0.251 e. The zero-order valence-corrected chi connectivity index (χ0v) is 13.0. The van der Waals surface area contributed by atoms with E-state index in [1.807, 2.05) is 4.90 Å². The van der Waals surface area contributed by atoms with Gasteiger partial charge in [0, 0.05) is 36.6 Å². The maximum Gasteiger partial charge on any atom is 0.251 e. The Labute approximate surface area is 130 Å². The first-order valence-corrected chi connectivity index (χ1v) is 7.75. The standard InChI is InChI=1S/C16H21ClN2O2/c1-12-3-2-10-19(11-12)15(20)8-9-18-16(21)13-4-6-14(17)7-5-13/h4-7,12H,2-3,8-11H2,1H3,(H,18,21)/t12-/m0/s1. The number of hydrogen-bond donors (Lipinski definition) is 1. The molecule has 0 spiro atoms. The second kappa shape index (κ2) is 7.46. The van der Waals surface area contributed by atoms with Gasteiger partial charge in [-0.3, -0.25) is 9.59 Å². The fourth-order valence-electron chi connectivity index (χ4n) is 2.56. The predicted molar refractivity (Wildman–Crippen MR) is 83.4 cm³/mol. The third-order valence-electron chi connectivity index (χ3n) is 3.74. The fraction of sp³-hybridized carbons (Fsp3) is 0.500. The van der Waals surface area contributed by atoms with Gasteiger partial charge in [0.25, 0.3) is 5.91 Å². The van der Waals surface area contributed by atoms with Gasteiger partial charge in [-0.25, -0.2) is 0 Å². The topological polar surface area (TPSA) is 49.4 Å². The predicted octanol–water partition coefficient (Wildman–Crippen LogP) is 2.72. The van der Waals surface area contributed by atoms with Crippen LogP contribution in [-0.2, 0) is 4.79 Å². The average molecular weight is 309 g/mol. The van der Waals surface area contributed by atoms with E-state index in [9.17, 15) is 9.59 Å². The molecular formula is C16H21ClN2O2.